The van der Waals surface area contributed by atoms with Gasteiger partial charge in [0, 0.05) is 40.8 Å². The molecule has 0 unspecified atom stereocenters. The van der Waals surface area contributed by atoms with Crippen LogP contribution in [-0.2, 0) is 4.79 Å². The molecule has 1 N–H and O–H groups in total. The van der Waals surface area contributed by atoms with Crippen molar-refractivity contribution in [1.82, 2.24) is 9.55 Å². The van der Waals surface area contributed by atoms with Crippen molar-refractivity contribution in [3.8, 4) is 23.2 Å². The summed E-state index contributed by atoms with van der Waals surface area (Å²) in [6.45, 7) is 3.00. The van der Waals surface area contributed by atoms with Gasteiger partial charge in [-0.1, -0.05) is 18.2 Å². The molecule has 4 aromatic rings. The van der Waals surface area contributed by atoms with Crippen molar-refractivity contribution in [3.05, 3.63) is 71.5 Å². The number of carboxylic acids is 1. The van der Waals surface area contributed by atoms with Crippen LogP contribution in [-0.4, -0.2) is 35.3 Å². The van der Waals surface area contributed by atoms with Gasteiger partial charge in [0.2, 0.25) is 0 Å². The molecule has 3 heterocycles. The number of aromatic nitrogens is 2. The number of ether oxygens (including phenoxy) is 3. The molecule has 2 aliphatic rings. The van der Waals surface area contributed by atoms with E-state index >= 15 is 0 Å². The number of carbonyl (C=O) groups is 1. The van der Waals surface area contributed by atoms with E-state index in [2.05, 4.69) is 10.3 Å². The summed E-state index contributed by atoms with van der Waals surface area (Å²) in [5, 5.41) is 14.5. The smallest absolute Gasteiger partial charge is 0.550 e. The summed E-state index contributed by atoms with van der Waals surface area (Å²) in [4.78, 5) is 15.6. The second-order valence-corrected chi connectivity index (χ2v) is 8.84. The molecule has 0 radical (unpaired) electrons. The first kappa shape index (κ1) is 25.4. The molecule has 6 rings (SSSR count). The number of nitrogens with one attached hydrogen (secondary N) is 1. The molecule has 1 aromatic heterocycles. The maximum atomic E-state index is 14.1. The number of halogens is 1. The number of rotatable bonds is 7. The third-order valence-corrected chi connectivity index (χ3v) is 6.54. The fraction of sp³-hybridized carbons (Fsp3) is 0.259. The number of carbonyl (C=O) groups excluding carboxylic acids is 1. The zero-order chi connectivity index (χ0) is 24.8. The Kier molecular flexibility index (Phi) is 7.02. The normalized spacial score (nSPS) is 17.4. The van der Waals surface area contributed by atoms with Gasteiger partial charge in [0.25, 0.3) is 0 Å². The van der Waals surface area contributed by atoms with Crippen LogP contribution in [0, 0.1) is 5.82 Å². The molecule has 37 heavy (non-hydrogen) atoms. The molecule has 10 heteroatoms. The Labute approximate surface area is 234 Å². The number of para-hydroxylation sites is 1. The molecule has 8 nitrogen and oxygen atoms in total. The number of imidazole rings is 1. The van der Waals surface area contributed by atoms with E-state index < -0.39 is 5.97 Å². The Morgan fingerprint density at radius 3 is 2.84 bits per heavy atom. The number of carboxylic acid groups (broad SMARTS) is 1. The number of fused-ring (bicyclic) bond motifs is 3. The third kappa shape index (κ3) is 4.63. The first-order valence-electron chi connectivity index (χ1n) is 11.8. The van der Waals surface area contributed by atoms with Crippen LogP contribution in [0.4, 0.5) is 10.1 Å². The SMILES string of the molecule is CCOc1nc2ccc(F)cc2n1-c1cccc2c1OC[C@H]2Nc1ccc2c(c1)OC[C@H]2CC(=O)[O-].[Na+]. The Morgan fingerprint density at radius 2 is 2.03 bits per heavy atom. The summed E-state index contributed by atoms with van der Waals surface area (Å²) < 4.78 is 33.5. The van der Waals surface area contributed by atoms with Gasteiger partial charge in [-0.15, -0.1) is 0 Å². The van der Waals surface area contributed by atoms with Crippen LogP contribution in [0.3, 0.4) is 0 Å². The molecule has 0 saturated heterocycles. The van der Waals surface area contributed by atoms with Crippen molar-refractivity contribution in [2.75, 3.05) is 25.1 Å². The summed E-state index contributed by atoms with van der Waals surface area (Å²) in [6.07, 6.45) is -0.0665. The minimum atomic E-state index is -1.09. The fourth-order valence-electron chi connectivity index (χ4n) is 4.95. The van der Waals surface area contributed by atoms with Crippen LogP contribution in [0.15, 0.2) is 54.6 Å². The van der Waals surface area contributed by atoms with Crippen LogP contribution in [0.5, 0.6) is 17.5 Å². The molecule has 0 fully saturated rings. The number of hydrogen-bond acceptors (Lipinski definition) is 7. The molecule has 0 bridgehead atoms. The summed E-state index contributed by atoms with van der Waals surface area (Å²) in [5.41, 5.74) is 4.59. The van der Waals surface area contributed by atoms with Crippen LogP contribution in [0.2, 0.25) is 0 Å². The zero-order valence-electron chi connectivity index (χ0n) is 20.5. The quantitative estimate of drug-likeness (QED) is 0.366. The van der Waals surface area contributed by atoms with E-state index in [1.54, 1.807) is 10.6 Å². The first-order chi connectivity index (χ1) is 17.5. The summed E-state index contributed by atoms with van der Waals surface area (Å²) in [7, 11) is 0. The Bertz CT molecular complexity index is 1490. The number of aliphatic carboxylic acids is 1. The second kappa shape index (κ2) is 10.2. The van der Waals surface area contributed by atoms with Gasteiger partial charge in [-0.3, -0.25) is 4.57 Å². The number of benzene rings is 3. The van der Waals surface area contributed by atoms with Gasteiger partial charge in [-0.05, 0) is 37.6 Å². The molecular weight excluding hydrogens is 488 g/mol. The van der Waals surface area contributed by atoms with E-state index in [1.165, 1.54) is 12.1 Å². The molecule has 0 aliphatic carbocycles. The average Bonchev–Trinajstić information content (AvgIpc) is 3.54. The summed E-state index contributed by atoms with van der Waals surface area (Å²) in [5.74, 6) is -0.305. The molecule has 0 amide bonds. The van der Waals surface area contributed by atoms with Crippen molar-refractivity contribution in [2.24, 2.45) is 0 Å². The number of hydrogen-bond donors (Lipinski definition) is 1. The van der Waals surface area contributed by atoms with E-state index in [-0.39, 0.29) is 53.8 Å². The average molecular weight is 511 g/mol. The van der Waals surface area contributed by atoms with Crippen molar-refractivity contribution >= 4 is 22.7 Å². The fourth-order valence-corrected chi connectivity index (χ4v) is 4.95. The van der Waals surface area contributed by atoms with E-state index in [0.717, 1.165) is 22.5 Å². The maximum Gasteiger partial charge on any atom is 1.00 e. The number of nitrogens with zero attached hydrogens (tertiary/aromatic N) is 2. The minimum absolute atomic E-state index is 0. The largest absolute Gasteiger partial charge is 1.00 e. The second-order valence-electron chi connectivity index (χ2n) is 8.84. The molecule has 2 aliphatic heterocycles. The Balaban J connectivity index is 0.00000280. The summed E-state index contributed by atoms with van der Waals surface area (Å²) >= 11 is 0. The molecular formula is C27H23FN3NaO5. The molecule has 184 valence electrons. The van der Waals surface area contributed by atoms with E-state index in [1.807, 2.05) is 43.3 Å². The standard InChI is InChI=1S/C27H24FN3O5.Na/c1-2-34-27-30-20-9-6-16(28)11-23(20)31(27)22-5-3-4-19-21(14-36-26(19)22)29-17-7-8-18-15(10-25(32)33)13-35-24(18)12-17;/h3-9,11-12,15,21,29H,2,10,13-14H2,1H3,(H,32,33);/q;+1/p-1/t15-,21-;/m1./s1. The minimum Gasteiger partial charge on any atom is -0.550 e. The predicted molar refractivity (Wildman–Crippen MR) is 128 cm³/mol. The van der Waals surface area contributed by atoms with Crippen LogP contribution in [0.1, 0.15) is 36.4 Å². The van der Waals surface area contributed by atoms with Crippen LogP contribution < -0.4 is 54.2 Å². The van der Waals surface area contributed by atoms with Crippen molar-refractivity contribution < 1.29 is 58.1 Å². The van der Waals surface area contributed by atoms with Gasteiger partial charge in [0.05, 0.1) is 36.0 Å². The van der Waals surface area contributed by atoms with Gasteiger partial charge >= 0.3 is 35.6 Å². The van der Waals surface area contributed by atoms with Crippen molar-refractivity contribution in [3.63, 3.8) is 0 Å². The van der Waals surface area contributed by atoms with Crippen LogP contribution >= 0.6 is 0 Å². The summed E-state index contributed by atoms with van der Waals surface area (Å²) in [6, 6.07) is 16.2. The van der Waals surface area contributed by atoms with Crippen LogP contribution in [0.25, 0.3) is 16.7 Å². The molecule has 0 spiro atoms. The van der Waals surface area contributed by atoms with E-state index in [4.69, 9.17) is 14.2 Å². The molecule has 3 aromatic carbocycles. The third-order valence-electron chi connectivity index (χ3n) is 6.54. The van der Waals surface area contributed by atoms with Crippen molar-refractivity contribution in [1.29, 1.82) is 0 Å². The van der Waals surface area contributed by atoms with Gasteiger partial charge < -0.3 is 29.4 Å². The number of anilines is 1. The van der Waals surface area contributed by atoms with Gasteiger partial charge in [-0.25, -0.2) is 4.39 Å². The Morgan fingerprint density at radius 1 is 1.16 bits per heavy atom. The molecule has 0 saturated carbocycles. The topological polar surface area (TPSA) is 97.7 Å². The van der Waals surface area contributed by atoms with E-state index in [9.17, 15) is 14.3 Å². The van der Waals surface area contributed by atoms with Gasteiger partial charge in [-0.2, -0.15) is 4.98 Å². The van der Waals surface area contributed by atoms with Gasteiger partial charge in [0.15, 0.2) is 0 Å². The monoisotopic (exact) mass is 511 g/mol. The van der Waals surface area contributed by atoms with E-state index in [0.29, 0.717) is 48.4 Å². The Hall–Kier alpha value is -3.27. The molecule has 2 atom stereocenters. The van der Waals surface area contributed by atoms with Crippen molar-refractivity contribution in [2.45, 2.75) is 25.3 Å². The van der Waals surface area contributed by atoms with Gasteiger partial charge in [0.1, 0.15) is 23.9 Å². The maximum absolute atomic E-state index is 14.1. The predicted octanol–water partition coefficient (Wildman–Crippen LogP) is 0.729. The first-order valence-corrected chi connectivity index (χ1v) is 11.8. The zero-order valence-corrected chi connectivity index (χ0v) is 22.5.